The van der Waals surface area contributed by atoms with Crippen LogP contribution >= 0.6 is 0 Å². The molecule has 1 aromatic heterocycles. The van der Waals surface area contributed by atoms with Gasteiger partial charge in [-0.1, -0.05) is 6.07 Å². The topological polar surface area (TPSA) is 54.9 Å². The molecule has 6 heteroatoms. The van der Waals surface area contributed by atoms with Gasteiger partial charge in [-0.05, 0) is 55.8 Å². The minimum atomic E-state index is 0.217. The zero-order chi connectivity index (χ0) is 20.1. The van der Waals surface area contributed by atoms with Gasteiger partial charge in [0.15, 0.2) is 0 Å². The molecule has 0 bridgehead atoms. The Morgan fingerprint density at radius 1 is 1.14 bits per heavy atom. The number of carbonyl (C=O) groups is 1. The van der Waals surface area contributed by atoms with Crippen LogP contribution in [0.5, 0.6) is 5.75 Å². The number of hydrogen-bond acceptors (Lipinski definition) is 5. The molecular formula is C23H29N3O3. The van der Waals surface area contributed by atoms with Crippen LogP contribution < -0.4 is 4.74 Å². The smallest absolute Gasteiger partial charge is 0.236 e. The first-order valence-electron chi connectivity index (χ1n) is 10.4. The van der Waals surface area contributed by atoms with Crippen LogP contribution in [0.15, 0.2) is 42.5 Å². The number of methoxy groups -OCH3 is 1. The minimum Gasteiger partial charge on any atom is -0.497 e. The maximum atomic E-state index is 12.6. The summed E-state index contributed by atoms with van der Waals surface area (Å²) in [5.41, 5.74) is 3.18. The first-order valence-corrected chi connectivity index (χ1v) is 10.4. The standard InChI is InChI=1S/C23H29N3O3/c1-28-20-9-7-18(8-10-20)21-5-2-6-22(24-21)19-4-3-11-25(16-19)17-23(27)26-12-14-29-15-13-26/h2,5-10,19H,3-4,11-17H2,1H3/t19-/m1/s1. The molecule has 2 aliphatic rings. The molecule has 2 fully saturated rings. The van der Waals surface area contributed by atoms with E-state index in [9.17, 15) is 4.79 Å². The second-order valence-electron chi connectivity index (χ2n) is 7.74. The SMILES string of the molecule is COc1ccc(-c2cccc([C@@H]3CCCN(CC(=O)N4CCOCC4)C3)n2)cc1. The lowest BCUT2D eigenvalue weighted by atomic mass is 9.93. The Hall–Kier alpha value is -2.44. The van der Waals surface area contributed by atoms with Crippen LogP contribution in [0.3, 0.4) is 0 Å². The third-order valence-electron chi connectivity index (χ3n) is 5.80. The summed E-state index contributed by atoms with van der Waals surface area (Å²) in [6.07, 6.45) is 2.21. The average Bonchev–Trinajstić information content (AvgIpc) is 2.80. The molecule has 1 amide bonds. The summed E-state index contributed by atoms with van der Waals surface area (Å²) >= 11 is 0. The van der Waals surface area contributed by atoms with Gasteiger partial charge >= 0.3 is 0 Å². The number of morpholine rings is 1. The summed E-state index contributed by atoms with van der Waals surface area (Å²) in [5.74, 6) is 1.42. The predicted octanol–water partition coefficient (Wildman–Crippen LogP) is 2.80. The zero-order valence-corrected chi connectivity index (χ0v) is 17.0. The Labute approximate surface area is 172 Å². The van der Waals surface area contributed by atoms with E-state index in [2.05, 4.69) is 17.0 Å². The molecule has 0 N–H and O–H groups in total. The Kier molecular flexibility index (Phi) is 6.42. The molecule has 0 saturated carbocycles. The van der Waals surface area contributed by atoms with Gasteiger partial charge in [-0.2, -0.15) is 0 Å². The summed E-state index contributed by atoms with van der Waals surface area (Å²) in [6, 6.07) is 14.3. The third kappa shape index (κ3) is 4.95. The Bertz CT molecular complexity index is 818. The predicted molar refractivity (Wildman–Crippen MR) is 112 cm³/mol. The van der Waals surface area contributed by atoms with Crippen LogP contribution in [0, 0.1) is 0 Å². The molecule has 0 aliphatic carbocycles. The first kappa shape index (κ1) is 19.9. The van der Waals surface area contributed by atoms with Gasteiger partial charge in [0.2, 0.25) is 5.91 Å². The van der Waals surface area contributed by atoms with E-state index in [0.717, 1.165) is 48.6 Å². The molecule has 2 saturated heterocycles. The second-order valence-corrected chi connectivity index (χ2v) is 7.74. The number of hydrogen-bond donors (Lipinski definition) is 0. The maximum Gasteiger partial charge on any atom is 0.236 e. The van der Waals surface area contributed by atoms with Crippen LogP contribution in [0.25, 0.3) is 11.3 Å². The molecule has 1 aromatic carbocycles. The highest BCUT2D eigenvalue weighted by Crippen LogP contribution is 2.28. The van der Waals surface area contributed by atoms with Crippen LogP contribution in [-0.2, 0) is 9.53 Å². The molecule has 2 aromatic rings. The van der Waals surface area contributed by atoms with Crippen molar-refractivity contribution in [2.45, 2.75) is 18.8 Å². The number of nitrogens with zero attached hydrogens (tertiary/aromatic N) is 3. The third-order valence-corrected chi connectivity index (χ3v) is 5.80. The fraction of sp³-hybridized carbons (Fsp3) is 0.478. The van der Waals surface area contributed by atoms with E-state index in [0.29, 0.717) is 38.8 Å². The van der Waals surface area contributed by atoms with Crippen molar-refractivity contribution in [1.82, 2.24) is 14.8 Å². The van der Waals surface area contributed by atoms with Crippen LogP contribution in [0.4, 0.5) is 0 Å². The van der Waals surface area contributed by atoms with Crippen molar-refractivity contribution < 1.29 is 14.3 Å². The molecule has 0 unspecified atom stereocenters. The molecule has 2 aliphatic heterocycles. The van der Waals surface area contributed by atoms with Crippen LogP contribution in [-0.4, -0.2) is 73.7 Å². The van der Waals surface area contributed by atoms with Crippen molar-refractivity contribution in [3.63, 3.8) is 0 Å². The van der Waals surface area contributed by atoms with Gasteiger partial charge < -0.3 is 14.4 Å². The number of amides is 1. The Balaban J connectivity index is 1.41. The normalized spacial score (nSPS) is 20.4. The van der Waals surface area contributed by atoms with Gasteiger partial charge in [-0.15, -0.1) is 0 Å². The summed E-state index contributed by atoms with van der Waals surface area (Å²) in [6.45, 7) is 5.07. The lowest BCUT2D eigenvalue weighted by Crippen LogP contribution is -2.47. The highest BCUT2D eigenvalue weighted by Gasteiger charge is 2.26. The molecule has 6 nitrogen and oxygen atoms in total. The molecule has 154 valence electrons. The highest BCUT2D eigenvalue weighted by molar-refractivity contribution is 5.78. The number of benzene rings is 1. The van der Waals surface area contributed by atoms with Crippen molar-refractivity contribution in [3.05, 3.63) is 48.2 Å². The van der Waals surface area contributed by atoms with E-state index in [-0.39, 0.29) is 5.91 Å². The number of piperidine rings is 1. The van der Waals surface area contributed by atoms with E-state index in [1.54, 1.807) is 7.11 Å². The van der Waals surface area contributed by atoms with Gasteiger partial charge in [-0.25, -0.2) is 0 Å². The quantitative estimate of drug-likeness (QED) is 0.779. The van der Waals surface area contributed by atoms with E-state index in [1.165, 1.54) is 0 Å². The fourth-order valence-corrected chi connectivity index (χ4v) is 4.15. The first-order chi connectivity index (χ1) is 14.2. The van der Waals surface area contributed by atoms with Gasteiger partial charge in [0.1, 0.15) is 5.75 Å². The molecule has 0 radical (unpaired) electrons. The molecule has 1 atom stereocenters. The van der Waals surface area contributed by atoms with E-state index in [1.807, 2.05) is 35.2 Å². The van der Waals surface area contributed by atoms with Gasteiger partial charge in [0.05, 0.1) is 32.6 Å². The number of ether oxygens (including phenoxy) is 2. The lowest BCUT2D eigenvalue weighted by molar-refractivity contribution is -0.136. The monoisotopic (exact) mass is 395 g/mol. The zero-order valence-electron chi connectivity index (χ0n) is 17.0. The highest BCUT2D eigenvalue weighted by atomic mass is 16.5. The number of aromatic nitrogens is 1. The number of carbonyl (C=O) groups excluding carboxylic acids is 1. The van der Waals surface area contributed by atoms with E-state index < -0.39 is 0 Å². The summed E-state index contributed by atoms with van der Waals surface area (Å²) in [5, 5.41) is 0. The maximum absolute atomic E-state index is 12.6. The number of rotatable bonds is 5. The molecule has 4 rings (SSSR count). The Morgan fingerprint density at radius 3 is 2.69 bits per heavy atom. The number of likely N-dealkylation sites (tertiary alicyclic amines) is 1. The van der Waals surface area contributed by atoms with Gasteiger partial charge in [0, 0.05) is 36.8 Å². The Morgan fingerprint density at radius 2 is 1.93 bits per heavy atom. The van der Waals surface area contributed by atoms with Crippen LogP contribution in [0.1, 0.15) is 24.5 Å². The number of pyridine rings is 1. The summed E-state index contributed by atoms with van der Waals surface area (Å²) in [4.78, 5) is 21.8. The second kappa shape index (κ2) is 9.37. The van der Waals surface area contributed by atoms with E-state index in [4.69, 9.17) is 14.5 Å². The lowest BCUT2D eigenvalue weighted by Gasteiger charge is -2.34. The summed E-state index contributed by atoms with van der Waals surface area (Å²) < 4.78 is 10.6. The molecular weight excluding hydrogens is 366 g/mol. The van der Waals surface area contributed by atoms with E-state index >= 15 is 0 Å². The van der Waals surface area contributed by atoms with Crippen molar-refractivity contribution >= 4 is 5.91 Å². The van der Waals surface area contributed by atoms with Gasteiger partial charge in [-0.3, -0.25) is 14.7 Å². The van der Waals surface area contributed by atoms with Gasteiger partial charge in [0.25, 0.3) is 0 Å². The van der Waals surface area contributed by atoms with Crippen LogP contribution in [0.2, 0.25) is 0 Å². The van der Waals surface area contributed by atoms with Crippen molar-refractivity contribution in [2.24, 2.45) is 0 Å². The van der Waals surface area contributed by atoms with Crippen molar-refractivity contribution in [3.8, 4) is 17.0 Å². The summed E-state index contributed by atoms with van der Waals surface area (Å²) in [7, 11) is 1.67. The average molecular weight is 396 g/mol. The molecule has 3 heterocycles. The van der Waals surface area contributed by atoms with Crippen molar-refractivity contribution in [1.29, 1.82) is 0 Å². The van der Waals surface area contributed by atoms with Crippen molar-refractivity contribution in [2.75, 3.05) is 53.0 Å². The molecule has 29 heavy (non-hydrogen) atoms. The fourth-order valence-electron chi connectivity index (χ4n) is 4.15. The minimum absolute atomic E-state index is 0.217. The molecule has 0 spiro atoms. The largest absolute Gasteiger partial charge is 0.497 e.